The molecule has 3 aromatic carbocycles. The molecule has 0 spiro atoms. The molecule has 0 saturated carbocycles. The number of hydrogen-bond acceptors (Lipinski definition) is 3. The molecule has 33 heavy (non-hydrogen) atoms. The van der Waals surface area contributed by atoms with Gasteiger partial charge in [-0.2, -0.15) is 0 Å². The number of anilines is 1. The van der Waals surface area contributed by atoms with Crippen LogP contribution in [0.15, 0.2) is 78.9 Å². The molecule has 0 aliphatic carbocycles. The highest BCUT2D eigenvalue weighted by Gasteiger charge is 2.19. The highest BCUT2D eigenvalue weighted by Crippen LogP contribution is 2.24. The van der Waals surface area contributed by atoms with E-state index in [1.54, 1.807) is 48.5 Å². The van der Waals surface area contributed by atoms with Crippen LogP contribution in [-0.4, -0.2) is 20.6 Å². The van der Waals surface area contributed by atoms with Crippen molar-refractivity contribution in [1.82, 2.24) is 5.32 Å². The Morgan fingerprint density at radius 3 is 2.00 bits per heavy atom. The van der Waals surface area contributed by atoms with Crippen LogP contribution in [0.2, 0.25) is 0 Å². The van der Waals surface area contributed by atoms with Crippen LogP contribution in [-0.2, 0) is 22.0 Å². The molecule has 0 bridgehead atoms. The summed E-state index contributed by atoms with van der Waals surface area (Å²) in [6.07, 6.45) is 1.19. The van der Waals surface area contributed by atoms with Gasteiger partial charge in [0.05, 0.1) is 24.5 Å². The second-order valence-corrected chi connectivity index (χ2v) is 11.3. The number of para-hydroxylation sites is 1. The van der Waals surface area contributed by atoms with E-state index in [2.05, 4.69) is 50.4 Å². The molecule has 0 aliphatic rings. The average Bonchev–Trinajstić information content (AvgIpc) is 2.77. The molecule has 0 aromatic heterocycles. The Bertz CT molecular complexity index is 1180. The zero-order valence-electron chi connectivity index (χ0n) is 19.9. The van der Waals surface area contributed by atoms with Crippen molar-refractivity contribution < 1.29 is 13.2 Å². The molecule has 1 atom stereocenters. The number of benzene rings is 3. The highest BCUT2D eigenvalue weighted by molar-refractivity contribution is 7.92. The van der Waals surface area contributed by atoms with Crippen LogP contribution in [0.3, 0.4) is 0 Å². The Morgan fingerprint density at radius 2 is 1.48 bits per heavy atom. The van der Waals surface area contributed by atoms with Gasteiger partial charge in [0.25, 0.3) is 5.91 Å². The monoisotopic (exact) mass is 464 g/mol. The van der Waals surface area contributed by atoms with Gasteiger partial charge in [-0.15, -0.1) is 0 Å². The Balaban J connectivity index is 1.68. The molecule has 0 saturated heterocycles. The van der Waals surface area contributed by atoms with E-state index in [0.717, 1.165) is 11.1 Å². The molecule has 0 unspecified atom stereocenters. The van der Waals surface area contributed by atoms with Gasteiger partial charge in [-0.05, 0) is 53.3 Å². The van der Waals surface area contributed by atoms with Crippen LogP contribution in [0.5, 0.6) is 0 Å². The predicted molar refractivity (Wildman–Crippen MR) is 135 cm³/mol. The van der Waals surface area contributed by atoms with Gasteiger partial charge < -0.3 is 5.32 Å². The minimum absolute atomic E-state index is 0.0833. The summed E-state index contributed by atoms with van der Waals surface area (Å²) in [4.78, 5) is 12.8. The first-order valence-corrected chi connectivity index (χ1v) is 12.8. The molecule has 6 heteroatoms. The van der Waals surface area contributed by atoms with Crippen molar-refractivity contribution in [3.8, 4) is 0 Å². The normalized spacial score (nSPS) is 12.8. The van der Waals surface area contributed by atoms with E-state index in [1.165, 1.54) is 16.1 Å². The van der Waals surface area contributed by atoms with Gasteiger partial charge in [0.2, 0.25) is 10.0 Å². The quantitative estimate of drug-likeness (QED) is 0.506. The maximum Gasteiger partial charge on any atom is 0.251 e. The minimum atomic E-state index is -3.45. The van der Waals surface area contributed by atoms with Gasteiger partial charge in [0, 0.05) is 5.56 Å². The van der Waals surface area contributed by atoms with Crippen molar-refractivity contribution >= 4 is 21.6 Å². The van der Waals surface area contributed by atoms with Gasteiger partial charge in [0.1, 0.15) is 0 Å². The van der Waals surface area contributed by atoms with E-state index < -0.39 is 10.0 Å². The zero-order valence-corrected chi connectivity index (χ0v) is 20.7. The van der Waals surface area contributed by atoms with E-state index in [1.807, 2.05) is 13.0 Å². The van der Waals surface area contributed by atoms with Crippen molar-refractivity contribution in [3.05, 3.63) is 101 Å². The number of sulfonamides is 1. The first kappa shape index (κ1) is 24.5. The van der Waals surface area contributed by atoms with Gasteiger partial charge in [-0.3, -0.25) is 9.10 Å². The maximum absolute atomic E-state index is 12.8. The summed E-state index contributed by atoms with van der Waals surface area (Å²) in [5, 5.41) is 3.04. The molecule has 0 fully saturated rings. The number of nitrogens with one attached hydrogen (secondary N) is 1. The predicted octanol–water partition coefficient (Wildman–Crippen LogP) is 5.44. The van der Waals surface area contributed by atoms with Crippen LogP contribution in [0.1, 0.15) is 60.8 Å². The van der Waals surface area contributed by atoms with Gasteiger partial charge in [-0.1, -0.05) is 75.4 Å². The van der Waals surface area contributed by atoms with E-state index in [9.17, 15) is 13.2 Å². The molecule has 3 aromatic rings. The van der Waals surface area contributed by atoms with Crippen molar-refractivity contribution in [2.24, 2.45) is 0 Å². The third-order valence-corrected chi connectivity index (χ3v) is 6.75. The molecule has 3 rings (SSSR count). The molecule has 174 valence electrons. The summed E-state index contributed by atoms with van der Waals surface area (Å²) in [6.45, 7) is 8.67. The number of nitrogens with zero attached hydrogens (tertiary/aromatic N) is 1. The first-order valence-electron chi connectivity index (χ1n) is 11.0. The molecule has 0 radical (unpaired) electrons. The van der Waals surface area contributed by atoms with Crippen molar-refractivity contribution in [2.45, 2.75) is 45.7 Å². The number of hydrogen-bond donors (Lipinski definition) is 1. The highest BCUT2D eigenvalue weighted by atomic mass is 32.2. The number of carbonyl (C=O) groups is 1. The summed E-state index contributed by atoms with van der Waals surface area (Å²) in [5.41, 5.74) is 4.31. The molecular weight excluding hydrogens is 432 g/mol. The fraction of sp³-hybridized carbons (Fsp3) is 0.296. The van der Waals surface area contributed by atoms with Gasteiger partial charge in [-0.25, -0.2) is 8.42 Å². The lowest BCUT2D eigenvalue weighted by molar-refractivity contribution is 0.0940. The van der Waals surface area contributed by atoms with E-state index >= 15 is 0 Å². The Hall–Kier alpha value is -3.12. The number of carbonyl (C=O) groups excluding carboxylic acids is 1. The molecule has 1 N–H and O–H groups in total. The molecular formula is C27H32N2O3S. The smallest absolute Gasteiger partial charge is 0.251 e. The van der Waals surface area contributed by atoms with E-state index in [0.29, 0.717) is 11.3 Å². The Kier molecular flexibility index (Phi) is 7.28. The molecule has 5 nitrogen and oxygen atoms in total. The fourth-order valence-electron chi connectivity index (χ4n) is 3.56. The van der Waals surface area contributed by atoms with Crippen molar-refractivity contribution in [3.63, 3.8) is 0 Å². The van der Waals surface area contributed by atoms with Crippen LogP contribution in [0, 0.1) is 0 Å². The first-order chi connectivity index (χ1) is 15.4. The molecule has 0 aliphatic heterocycles. The molecule has 0 heterocycles. The maximum atomic E-state index is 12.8. The fourth-order valence-corrected chi connectivity index (χ4v) is 4.44. The molecule has 1 amide bonds. The largest absolute Gasteiger partial charge is 0.346 e. The van der Waals surface area contributed by atoms with Crippen LogP contribution >= 0.6 is 0 Å². The lowest BCUT2D eigenvalue weighted by Gasteiger charge is -2.22. The second kappa shape index (κ2) is 9.79. The van der Waals surface area contributed by atoms with Crippen LogP contribution < -0.4 is 9.62 Å². The second-order valence-electron chi connectivity index (χ2n) is 9.37. The zero-order chi connectivity index (χ0) is 24.2. The van der Waals surface area contributed by atoms with Crippen molar-refractivity contribution in [2.75, 3.05) is 10.6 Å². The third kappa shape index (κ3) is 6.45. The summed E-state index contributed by atoms with van der Waals surface area (Å²) >= 11 is 0. The van der Waals surface area contributed by atoms with Crippen LogP contribution in [0.4, 0.5) is 5.69 Å². The number of amides is 1. The summed E-state index contributed by atoms with van der Waals surface area (Å²) in [6, 6.07) is 24.2. The van der Waals surface area contributed by atoms with E-state index in [4.69, 9.17) is 0 Å². The van der Waals surface area contributed by atoms with Crippen molar-refractivity contribution in [1.29, 1.82) is 0 Å². The minimum Gasteiger partial charge on any atom is -0.346 e. The van der Waals surface area contributed by atoms with E-state index in [-0.39, 0.29) is 23.9 Å². The Labute approximate surface area is 197 Å². The lowest BCUT2D eigenvalue weighted by atomic mass is 9.86. The summed E-state index contributed by atoms with van der Waals surface area (Å²) in [5.74, 6) is -0.169. The third-order valence-electron chi connectivity index (χ3n) is 5.61. The SMILES string of the molecule is C[C@H](NC(=O)c1ccc(CN(c2ccccc2)S(C)(=O)=O)cc1)c1ccc(C(C)(C)C)cc1. The number of rotatable bonds is 7. The topological polar surface area (TPSA) is 66.5 Å². The average molecular weight is 465 g/mol. The standard InChI is InChI=1S/C27H32N2O3S/c1-20(22-15-17-24(18-16-22)27(2,3)4)28-26(30)23-13-11-21(12-14-23)19-29(33(5,31)32)25-9-7-6-8-10-25/h6-18,20H,19H2,1-5H3,(H,28,30)/t20-/m0/s1. The Morgan fingerprint density at radius 1 is 0.909 bits per heavy atom. The van der Waals surface area contributed by atoms with Gasteiger partial charge in [0.15, 0.2) is 0 Å². The van der Waals surface area contributed by atoms with Gasteiger partial charge >= 0.3 is 0 Å². The lowest BCUT2D eigenvalue weighted by Crippen LogP contribution is -2.29. The van der Waals surface area contributed by atoms with Crippen LogP contribution in [0.25, 0.3) is 0 Å². The summed E-state index contributed by atoms with van der Waals surface area (Å²) in [7, 11) is -3.45. The summed E-state index contributed by atoms with van der Waals surface area (Å²) < 4.78 is 26.0.